The molecule has 0 saturated heterocycles. The van der Waals surface area contributed by atoms with E-state index < -0.39 is 11.9 Å². The topological polar surface area (TPSA) is 40.5 Å². The first kappa shape index (κ1) is 10.2. The molecule has 1 N–H and O–H groups in total. The molecule has 0 unspecified atom stereocenters. The van der Waals surface area contributed by atoms with E-state index in [4.69, 9.17) is 5.11 Å². The van der Waals surface area contributed by atoms with Crippen LogP contribution in [-0.4, -0.2) is 17.7 Å². The lowest BCUT2D eigenvalue weighted by atomic mass is 10.3. The number of benzene rings is 1. The molecule has 0 saturated carbocycles. The van der Waals surface area contributed by atoms with Crippen LogP contribution in [0.1, 0.15) is 0 Å². The Hall–Kier alpha value is -1.84. The number of carboxylic acid groups (broad SMARTS) is 1. The maximum atomic E-state index is 12.6. The summed E-state index contributed by atoms with van der Waals surface area (Å²) in [4.78, 5) is 11.8. The van der Waals surface area contributed by atoms with Gasteiger partial charge in [0, 0.05) is 12.2 Å². The van der Waals surface area contributed by atoms with Crippen molar-refractivity contribution in [3.63, 3.8) is 0 Å². The molecule has 74 valence electrons. The third kappa shape index (κ3) is 2.32. The van der Waals surface area contributed by atoms with Gasteiger partial charge in [0.2, 0.25) is 0 Å². The predicted octanol–water partition coefficient (Wildman–Crippen LogP) is 2.50. The van der Waals surface area contributed by atoms with Crippen LogP contribution in [-0.2, 0) is 0 Å². The highest BCUT2D eigenvalue weighted by Crippen LogP contribution is 2.14. The lowest BCUT2D eigenvalue weighted by molar-refractivity contribution is 0.202. The van der Waals surface area contributed by atoms with Gasteiger partial charge in [-0.05, 0) is 24.3 Å². The van der Waals surface area contributed by atoms with Crippen molar-refractivity contribution in [2.24, 2.45) is 0 Å². The van der Waals surface area contributed by atoms with Gasteiger partial charge in [0.15, 0.2) is 0 Å². The van der Waals surface area contributed by atoms with Crippen molar-refractivity contribution >= 4 is 11.8 Å². The number of hydrogen-bond donors (Lipinski definition) is 1. The van der Waals surface area contributed by atoms with E-state index in [1.54, 1.807) is 0 Å². The molecule has 1 aromatic rings. The molecule has 1 aromatic carbocycles. The van der Waals surface area contributed by atoms with Gasteiger partial charge in [0.05, 0.1) is 0 Å². The summed E-state index contributed by atoms with van der Waals surface area (Å²) in [6.45, 7) is 3.63. The van der Waals surface area contributed by atoms with Gasteiger partial charge in [-0.1, -0.05) is 6.08 Å². The van der Waals surface area contributed by atoms with Crippen molar-refractivity contribution in [2.75, 3.05) is 11.4 Å². The lowest BCUT2D eigenvalue weighted by Gasteiger charge is -2.16. The fourth-order valence-electron chi connectivity index (χ4n) is 1.04. The molecule has 0 fully saturated rings. The summed E-state index contributed by atoms with van der Waals surface area (Å²) in [5.41, 5.74) is 0.429. The molecular formula is C10H10FNO2. The third-order valence-electron chi connectivity index (χ3n) is 1.68. The molecule has 0 bridgehead atoms. The van der Waals surface area contributed by atoms with E-state index in [2.05, 4.69) is 6.58 Å². The van der Waals surface area contributed by atoms with Crippen LogP contribution in [0, 0.1) is 5.82 Å². The molecule has 0 heterocycles. The first-order valence-corrected chi connectivity index (χ1v) is 4.02. The Bertz CT molecular complexity index is 334. The number of nitrogens with zero attached hydrogens (tertiary/aromatic N) is 1. The number of anilines is 1. The van der Waals surface area contributed by atoms with E-state index in [1.165, 1.54) is 30.3 Å². The average molecular weight is 195 g/mol. The highest BCUT2D eigenvalue weighted by atomic mass is 19.1. The predicted molar refractivity (Wildman–Crippen MR) is 52.0 cm³/mol. The van der Waals surface area contributed by atoms with Crippen molar-refractivity contribution in [3.05, 3.63) is 42.7 Å². The maximum absolute atomic E-state index is 12.6. The summed E-state index contributed by atoms with van der Waals surface area (Å²) >= 11 is 0. The van der Waals surface area contributed by atoms with Gasteiger partial charge in [-0.25, -0.2) is 9.18 Å². The molecule has 0 atom stereocenters. The molecule has 1 rings (SSSR count). The SMILES string of the molecule is C=CCN(C(=O)O)c1ccc(F)cc1. The monoisotopic (exact) mass is 195 g/mol. The van der Waals surface area contributed by atoms with Crippen LogP contribution in [0.3, 0.4) is 0 Å². The van der Waals surface area contributed by atoms with Crippen molar-refractivity contribution in [1.29, 1.82) is 0 Å². The minimum Gasteiger partial charge on any atom is -0.465 e. The minimum absolute atomic E-state index is 0.182. The Labute approximate surface area is 81.1 Å². The van der Waals surface area contributed by atoms with Gasteiger partial charge in [-0.2, -0.15) is 0 Å². The molecule has 14 heavy (non-hydrogen) atoms. The summed E-state index contributed by atoms with van der Waals surface area (Å²) < 4.78 is 12.6. The number of halogens is 1. The highest BCUT2D eigenvalue weighted by Gasteiger charge is 2.11. The maximum Gasteiger partial charge on any atom is 0.412 e. The quantitative estimate of drug-likeness (QED) is 0.753. The zero-order valence-electron chi connectivity index (χ0n) is 7.48. The lowest BCUT2D eigenvalue weighted by Crippen LogP contribution is -2.29. The standard InChI is InChI=1S/C10H10FNO2/c1-2-7-12(10(13)14)9-5-3-8(11)4-6-9/h2-6H,1,7H2,(H,13,14). The molecule has 0 aliphatic rings. The summed E-state index contributed by atoms with van der Waals surface area (Å²) in [5, 5.41) is 8.81. The summed E-state index contributed by atoms with van der Waals surface area (Å²) in [5.74, 6) is -0.391. The minimum atomic E-state index is -1.09. The van der Waals surface area contributed by atoms with E-state index in [1.807, 2.05) is 0 Å². The molecule has 0 aliphatic carbocycles. The van der Waals surface area contributed by atoms with Crippen LogP contribution in [0.5, 0.6) is 0 Å². The number of amides is 1. The molecular weight excluding hydrogens is 185 g/mol. The summed E-state index contributed by atoms with van der Waals surface area (Å²) in [6.07, 6.45) is 0.383. The van der Waals surface area contributed by atoms with E-state index in [0.29, 0.717) is 5.69 Å². The van der Waals surface area contributed by atoms with Crippen molar-refractivity contribution < 1.29 is 14.3 Å². The number of carbonyl (C=O) groups is 1. The molecule has 4 heteroatoms. The van der Waals surface area contributed by atoms with Gasteiger partial charge < -0.3 is 5.11 Å². The van der Waals surface area contributed by atoms with E-state index in [9.17, 15) is 9.18 Å². The zero-order valence-corrected chi connectivity index (χ0v) is 7.48. The Kier molecular flexibility index (Phi) is 3.23. The van der Waals surface area contributed by atoms with Crippen LogP contribution in [0.2, 0.25) is 0 Å². The number of rotatable bonds is 3. The Morgan fingerprint density at radius 3 is 2.50 bits per heavy atom. The van der Waals surface area contributed by atoms with E-state index in [0.717, 1.165) is 4.90 Å². The van der Waals surface area contributed by atoms with Gasteiger partial charge >= 0.3 is 6.09 Å². The summed E-state index contributed by atoms with van der Waals surface area (Å²) in [6, 6.07) is 5.25. The second kappa shape index (κ2) is 4.41. The molecule has 1 amide bonds. The Morgan fingerprint density at radius 1 is 1.50 bits per heavy atom. The van der Waals surface area contributed by atoms with Gasteiger partial charge in [0.1, 0.15) is 5.82 Å². The van der Waals surface area contributed by atoms with Gasteiger partial charge in [-0.3, -0.25) is 4.90 Å². The largest absolute Gasteiger partial charge is 0.465 e. The second-order valence-corrected chi connectivity index (χ2v) is 2.66. The van der Waals surface area contributed by atoms with Crippen molar-refractivity contribution in [2.45, 2.75) is 0 Å². The smallest absolute Gasteiger partial charge is 0.412 e. The first-order valence-electron chi connectivity index (χ1n) is 4.02. The van der Waals surface area contributed by atoms with Gasteiger partial charge in [0.25, 0.3) is 0 Å². The third-order valence-corrected chi connectivity index (χ3v) is 1.68. The van der Waals surface area contributed by atoms with E-state index >= 15 is 0 Å². The van der Waals surface area contributed by atoms with Gasteiger partial charge in [-0.15, -0.1) is 6.58 Å². The molecule has 0 aliphatic heterocycles. The Balaban J connectivity index is 2.93. The van der Waals surface area contributed by atoms with Crippen LogP contribution in [0.4, 0.5) is 14.9 Å². The van der Waals surface area contributed by atoms with Crippen LogP contribution in [0.15, 0.2) is 36.9 Å². The molecule has 0 spiro atoms. The highest BCUT2D eigenvalue weighted by molar-refractivity contribution is 5.86. The zero-order chi connectivity index (χ0) is 10.6. The second-order valence-electron chi connectivity index (χ2n) is 2.66. The number of hydrogen-bond acceptors (Lipinski definition) is 1. The van der Waals surface area contributed by atoms with Crippen LogP contribution >= 0.6 is 0 Å². The average Bonchev–Trinajstić information content (AvgIpc) is 2.15. The Morgan fingerprint density at radius 2 is 2.07 bits per heavy atom. The first-order chi connectivity index (χ1) is 6.65. The van der Waals surface area contributed by atoms with Crippen LogP contribution < -0.4 is 4.90 Å². The molecule has 3 nitrogen and oxygen atoms in total. The molecule has 0 radical (unpaired) electrons. The normalized spacial score (nSPS) is 9.50. The van der Waals surface area contributed by atoms with Crippen molar-refractivity contribution in [3.8, 4) is 0 Å². The van der Waals surface area contributed by atoms with E-state index in [-0.39, 0.29) is 6.54 Å². The fourth-order valence-corrected chi connectivity index (χ4v) is 1.04. The fraction of sp³-hybridized carbons (Fsp3) is 0.100. The molecule has 0 aromatic heterocycles. The van der Waals surface area contributed by atoms with Crippen molar-refractivity contribution in [1.82, 2.24) is 0 Å². The van der Waals surface area contributed by atoms with Crippen LogP contribution in [0.25, 0.3) is 0 Å². The summed E-state index contributed by atoms with van der Waals surface area (Å²) in [7, 11) is 0.